The minimum Gasteiger partial charge on any atom is -0.368 e. The lowest BCUT2D eigenvalue weighted by Crippen LogP contribution is -2.27. The molecule has 0 atom stereocenters. The van der Waals surface area contributed by atoms with Gasteiger partial charge in [-0.25, -0.2) is 0 Å². The van der Waals surface area contributed by atoms with E-state index in [4.69, 9.17) is 17.3 Å². The van der Waals surface area contributed by atoms with Crippen molar-refractivity contribution in [3.8, 4) is 0 Å². The molecule has 0 unspecified atom stereocenters. The molecular weight excluding hydrogens is 256 g/mol. The average Bonchev–Trinajstić information content (AvgIpc) is 3.17. The fourth-order valence-electron chi connectivity index (χ4n) is 2.38. The molecule has 0 aliphatic heterocycles. The van der Waals surface area contributed by atoms with Gasteiger partial charge in [0.05, 0.1) is 0 Å². The highest BCUT2D eigenvalue weighted by atomic mass is 35.5. The minimum atomic E-state index is 0.652. The normalized spacial score (nSPS) is 15.0. The second-order valence-electron chi connectivity index (χ2n) is 5.92. The van der Waals surface area contributed by atoms with Crippen LogP contribution in [-0.2, 0) is 6.42 Å². The van der Waals surface area contributed by atoms with Crippen molar-refractivity contribution in [1.82, 2.24) is 0 Å². The molecule has 1 aliphatic rings. The van der Waals surface area contributed by atoms with E-state index in [1.165, 1.54) is 24.9 Å². The van der Waals surface area contributed by atoms with Crippen LogP contribution in [0.2, 0.25) is 5.02 Å². The number of benzene rings is 1. The summed E-state index contributed by atoms with van der Waals surface area (Å²) in [5.74, 6) is 0.744. The van der Waals surface area contributed by atoms with Crippen LogP contribution in [0.25, 0.3) is 0 Å². The van der Waals surface area contributed by atoms with E-state index in [-0.39, 0.29) is 0 Å². The van der Waals surface area contributed by atoms with E-state index in [0.717, 1.165) is 35.5 Å². The van der Waals surface area contributed by atoms with Crippen LogP contribution in [0.3, 0.4) is 0 Å². The zero-order valence-electron chi connectivity index (χ0n) is 12.0. The topological polar surface area (TPSA) is 29.3 Å². The lowest BCUT2D eigenvalue weighted by Gasteiger charge is -2.26. The Balaban J connectivity index is 2.10. The number of halogens is 1. The van der Waals surface area contributed by atoms with Crippen LogP contribution >= 0.6 is 11.6 Å². The fraction of sp³-hybridized carbons (Fsp3) is 0.625. The third-order valence-electron chi connectivity index (χ3n) is 3.72. The quantitative estimate of drug-likeness (QED) is 0.822. The van der Waals surface area contributed by atoms with E-state index in [1.807, 2.05) is 0 Å². The molecule has 2 rings (SSSR count). The smallest absolute Gasteiger partial charge is 0.0459 e. The molecule has 0 spiro atoms. The maximum Gasteiger partial charge on any atom is 0.0459 e. The number of hydrogen-bond donors (Lipinski definition) is 1. The average molecular weight is 281 g/mol. The van der Waals surface area contributed by atoms with E-state index in [2.05, 4.69) is 36.9 Å². The highest BCUT2D eigenvalue weighted by Crippen LogP contribution is 2.34. The van der Waals surface area contributed by atoms with Crippen molar-refractivity contribution in [3.05, 3.63) is 28.8 Å². The second-order valence-corrected chi connectivity index (χ2v) is 6.33. The van der Waals surface area contributed by atoms with Crippen molar-refractivity contribution in [1.29, 1.82) is 0 Å². The number of nitrogens with zero attached hydrogens (tertiary/aromatic N) is 1. The molecule has 0 saturated heterocycles. The molecule has 0 radical (unpaired) electrons. The van der Waals surface area contributed by atoms with Gasteiger partial charge in [-0.15, -0.1) is 0 Å². The van der Waals surface area contributed by atoms with E-state index in [1.54, 1.807) is 0 Å². The Bertz CT molecular complexity index is 413. The first-order valence-corrected chi connectivity index (χ1v) is 7.74. The zero-order valence-corrected chi connectivity index (χ0v) is 12.8. The standard InChI is InChI=1S/C16H25ClN2/c1-12(2)8-10-19(14-5-6-14)15-4-3-13(7-9-18)16(17)11-15/h3-4,11-12,14H,5-10,18H2,1-2H3. The molecule has 1 aromatic carbocycles. The van der Waals surface area contributed by atoms with E-state index < -0.39 is 0 Å². The molecule has 1 aromatic rings. The molecule has 1 saturated carbocycles. The summed E-state index contributed by atoms with van der Waals surface area (Å²) in [6.07, 6.45) is 4.73. The lowest BCUT2D eigenvalue weighted by atomic mass is 10.1. The van der Waals surface area contributed by atoms with Crippen LogP contribution in [0.5, 0.6) is 0 Å². The molecular formula is C16H25ClN2. The molecule has 2 nitrogen and oxygen atoms in total. The van der Waals surface area contributed by atoms with Crippen molar-refractivity contribution in [2.75, 3.05) is 18.0 Å². The second kappa shape index (κ2) is 6.62. The Labute approximate surface area is 121 Å². The van der Waals surface area contributed by atoms with Crippen LogP contribution in [0.4, 0.5) is 5.69 Å². The Morgan fingerprint density at radius 3 is 2.63 bits per heavy atom. The third kappa shape index (κ3) is 4.12. The summed E-state index contributed by atoms with van der Waals surface area (Å²) in [6.45, 7) is 6.35. The summed E-state index contributed by atoms with van der Waals surface area (Å²) in [5.41, 5.74) is 8.03. The summed E-state index contributed by atoms with van der Waals surface area (Å²) in [6, 6.07) is 7.19. The number of hydrogen-bond acceptors (Lipinski definition) is 2. The molecule has 1 fully saturated rings. The maximum atomic E-state index is 6.36. The lowest BCUT2D eigenvalue weighted by molar-refractivity contribution is 0.571. The van der Waals surface area contributed by atoms with E-state index in [9.17, 15) is 0 Å². The Morgan fingerprint density at radius 1 is 1.37 bits per heavy atom. The predicted octanol–water partition coefficient (Wildman–Crippen LogP) is 3.86. The molecule has 0 aromatic heterocycles. The van der Waals surface area contributed by atoms with Crippen LogP contribution < -0.4 is 10.6 Å². The first kappa shape index (κ1) is 14.7. The van der Waals surface area contributed by atoms with E-state index in [0.29, 0.717) is 6.54 Å². The Hall–Kier alpha value is -0.730. The van der Waals surface area contributed by atoms with Gasteiger partial charge in [-0.3, -0.25) is 0 Å². The van der Waals surface area contributed by atoms with Gasteiger partial charge in [-0.2, -0.15) is 0 Å². The fourth-order valence-corrected chi connectivity index (χ4v) is 2.65. The van der Waals surface area contributed by atoms with Crippen LogP contribution in [-0.4, -0.2) is 19.1 Å². The largest absolute Gasteiger partial charge is 0.368 e. The van der Waals surface area contributed by atoms with Gasteiger partial charge < -0.3 is 10.6 Å². The minimum absolute atomic E-state index is 0.652. The first-order valence-electron chi connectivity index (χ1n) is 7.37. The molecule has 3 heteroatoms. The molecule has 0 heterocycles. The van der Waals surface area contributed by atoms with Gasteiger partial charge in [0.15, 0.2) is 0 Å². The molecule has 19 heavy (non-hydrogen) atoms. The monoisotopic (exact) mass is 280 g/mol. The summed E-state index contributed by atoms with van der Waals surface area (Å²) in [7, 11) is 0. The van der Waals surface area contributed by atoms with E-state index >= 15 is 0 Å². The number of nitrogens with two attached hydrogens (primary N) is 1. The predicted molar refractivity (Wildman–Crippen MR) is 84.0 cm³/mol. The van der Waals surface area contributed by atoms with Crippen molar-refractivity contribution in [2.45, 2.75) is 45.6 Å². The van der Waals surface area contributed by atoms with Gasteiger partial charge in [0.25, 0.3) is 0 Å². The first-order chi connectivity index (χ1) is 9.11. The van der Waals surface area contributed by atoms with Gasteiger partial charge >= 0.3 is 0 Å². The molecule has 0 bridgehead atoms. The van der Waals surface area contributed by atoms with Crippen molar-refractivity contribution >= 4 is 17.3 Å². The molecule has 1 aliphatic carbocycles. The molecule has 2 N–H and O–H groups in total. The highest BCUT2D eigenvalue weighted by molar-refractivity contribution is 6.31. The van der Waals surface area contributed by atoms with Gasteiger partial charge in [0.2, 0.25) is 0 Å². The van der Waals surface area contributed by atoms with Crippen LogP contribution in [0.15, 0.2) is 18.2 Å². The Kier molecular flexibility index (Phi) is 5.12. The third-order valence-corrected chi connectivity index (χ3v) is 4.07. The molecule has 106 valence electrons. The van der Waals surface area contributed by atoms with Gasteiger partial charge in [0.1, 0.15) is 0 Å². The van der Waals surface area contributed by atoms with Crippen LogP contribution in [0.1, 0.15) is 38.7 Å². The zero-order chi connectivity index (χ0) is 13.8. The van der Waals surface area contributed by atoms with Crippen LogP contribution in [0, 0.1) is 5.92 Å². The van der Waals surface area contributed by atoms with Gasteiger partial charge in [0, 0.05) is 23.3 Å². The van der Waals surface area contributed by atoms with Crippen molar-refractivity contribution < 1.29 is 0 Å². The molecule has 0 amide bonds. The summed E-state index contributed by atoms with van der Waals surface area (Å²) >= 11 is 6.36. The summed E-state index contributed by atoms with van der Waals surface area (Å²) < 4.78 is 0. The van der Waals surface area contributed by atoms with Gasteiger partial charge in [-0.05, 0) is 55.8 Å². The number of rotatable bonds is 7. The number of anilines is 1. The summed E-state index contributed by atoms with van der Waals surface area (Å²) in [5, 5.41) is 0.859. The Morgan fingerprint density at radius 2 is 2.11 bits per heavy atom. The van der Waals surface area contributed by atoms with Crippen molar-refractivity contribution in [3.63, 3.8) is 0 Å². The van der Waals surface area contributed by atoms with Crippen molar-refractivity contribution in [2.24, 2.45) is 11.7 Å². The highest BCUT2D eigenvalue weighted by Gasteiger charge is 2.29. The maximum absolute atomic E-state index is 6.36. The van der Waals surface area contributed by atoms with Gasteiger partial charge in [-0.1, -0.05) is 31.5 Å². The SMILES string of the molecule is CC(C)CCN(c1ccc(CCN)c(Cl)c1)C1CC1. The summed E-state index contributed by atoms with van der Waals surface area (Å²) in [4.78, 5) is 2.53.